The normalized spacial score (nSPS) is 16.6. The van der Waals surface area contributed by atoms with Crippen LogP contribution in [-0.2, 0) is 11.3 Å². The minimum absolute atomic E-state index is 0.0337. The molecule has 0 saturated heterocycles. The molecule has 3 N–H and O–H groups in total. The number of benzene rings is 1. The Balaban J connectivity index is 2.07. The average Bonchev–Trinajstić information content (AvgIpc) is 2.99. The number of aliphatic hydroxyl groups excluding tert-OH is 1. The van der Waals surface area contributed by atoms with Gasteiger partial charge in [0.15, 0.2) is 0 Å². The van der Waals surface area contributed by atoms with E-state index in [0.717, 1.165) is 0 Å². The van der Waals surface area contributed by atoms with Crippen molar-refractivity contribution in [2.24, 2.45) is 5.73 Å². The molecule has 0 fully saturated rings. The Hall–Kier alpha value is -2.94. The molecule has 0 spiro atoms. The molecule has 150 valence electrons. The Morgan fingerprint density at radius 1 is 1.39 bits per heavy atom. The van der Waals surface area contributed by atoms with Gasteiger partial charge in [0.2, 0.25) is 0 Å². The molecule has 0 bridgehead atoms. The Morgan fingerprint density at radius 2 is 2.11 bits per heavy atom. The number of ether oxygens (including phenoxy) is 1. The Kier molecular flexibility index (Phi) is 5.12. The SMILES string of the molecule is CC(C)(C)OC(=O)N1Cc2c(C(N)=O)c(-c3cccc(F)c3)nn2C(CO)C1. The fourth-order valence-electron chi connectivity index (χ4n) is 3.20. The van der Waals surface area contributed by atoms with Crippen LogP contribution in [0.3, 0.4) is 0 Å². The molecule has 3 rings (SSSR count). The summed E-state index contributed by atoms with van der Waals surface area (Å²) in [6, 6.07) is 5.06. The summed E-state index contributed by atoms with van der Waals surface area (Å²) < 4.78 is 20.6. The van der Waals surface area contributed by atoms with Crippen LogP contribution in [0.15, 0.2) is 24.3 Å². The van der Waals surface area contributed by atoms with Crippen molar-refractivity contribution in [1.82, 2.24) is 14.7 Å². The lowest BCUT2D eigenvalue weighted by Gasteiger charge is -2.34. The summed E-state index contributed by atoms with van der Waals surface area (Å²) in [5, 5.41) is 14.2. The van der Waals surface area contributed by atoms with Gasteiger partial charge in [-0.25, -0.2) is 9.18 Å². The smallest absolute Gasteiger partial charge is 0.410 e. The lowest BCUT2D eigenvalue weighted by molar-refractivity contribution is 0.0127. The molecule has 1 aliphatic heterocycles. The summed E-state index contributed by atoms with van der Waals surface area (Å²) in [4.78, 5) is 26.1. The number of hydrogen-bond acceptors (Lipinski definition) is 5. The van der Waals surface area contributed by atoms with Crippen molar-refractivity contribution >= 4 is 12.0 Å². The van der Waals surface area contributed by atoms with Gasteiger partial charge in [-0.2, -0.15) is 5.10 Å². The van der Waals surface area contributed by atoms with E-state index in [0.29, 0.717) is 11.3 Å². The lowest BCUT2D eigenvalue weighted by atomic mass is 10.0. The van der Waals surface area contributed by atoms with Crippen LogP contribution in [0.25, 0.3) is 11.3 Å². The highest BCUT2D eigenvalue weighted by Gasteiger charge is 2.36. The van der Waals surface area contributed by atoms with Gasteiger partial charge in [0, 0.05) is 12.1 Å². The third-order valence-electron chi connectivity index (χ3n) is 4.33. The van der Waals surface area contributed by atoms with Gasteiger partial charge in [0.1, 0.15) is 17.1 Å². The second-order valence-electron chi connectivity index (χ2n) is 7.69. The first kappa shape index (κ1) is 19.8. The fourth-order valence-corrected chi connectivity index (χ4v) is 3.20. The first-order chi connectivity index (χ1) is 13.1. The third-order valence-corrected chi connectivity index (χ3v) is 4.33. The molecule has 1 aliphatic rings. The zero-order valence-electron chi connectivity index (χ0n) is 16.0. The van der Waals surface area contributed by atoms with Crippen molar-refractivity contribution in [2.75, 3.05) is 13.2 Å². The molecular formula is C19H23FN4O4. The number of hydrogen-bond donors (Lipinski definition) is 2. The van der Waals surface area contributed by atoms with Gasteiger partial charge in [-0.15, -0.1) is 0 Å². The summed E-state index contributed by atoms with van der Waals surface area (Å²) in [5.41, 5.74) is 5.97. The van der Waals surface area contributed by atoms with E-state index in [1.54, 1.807) is 26.8 Å². The monoisotopic (exact) mass is 390 g/mol. The van der Waals surface area contributed by atoms with Gasteiger partial charge in [-0.05, 0) is 32.9 Å². The molecular weight excluding hydrogens is 367 g/mol. The number of aliphatic hydroxyl groups is 1. The molecule has 1 atom stereocenters. The minimum Gasteiger partial charge on any atom is -0.444 e. The van der Waals surface area contributed by atoms with Crippen molar-refractivity contribution in [2.45, 2.75) is 39.0 Å². The number of carbonyl (C=O) groups is 2. The van der Waals surface area contributed by atoms with Crippen molar-refractivity contribution in [3.8, 4) is 11.3 Å². The van der Waals surface area contributed by atoms with Gasteiger partial charge in [0.25, 0.3) is 5.91 Å². The summed E-state index contributed by atoms with van der Waals surface area (Å²) in [6.07, 6.45) is -0.568. The Labute approximate surface area is 161 Å². The maximum atomic E-state index is 13.7. The van der Waals surface area contributed by atoms with Gasteiger partial charge in [-0.1, -0.05) is 12.1 Å². The number of amides is 2. The number of aromatic nitrogens is 2. The Morgan fingerprint density at radius 3 is 2.68 bits per heavy atom. The zero-order valence-corrected chi connectivity index (χ0v) is 16.0. The predicted octanol–water partition coefficient (Wildman–Crippen LogP) is 2.07. The van der Waals surface area contributed by atoms with E-state index in [1.165, 1.54) is 27.8 Å². The zero-order chi connectivity index (χ0) is 20.6. The first-order valence-electron chi connectivity index (χ1n) is 8.86. The predicted molar refractivity (Wildman–Crippen MR) is 98.9 cm³/mol. The third kappa shape index (κ3) is 3.84. The second-order valence-corrected chi connectivity index (χ2v) is 7.69. The van der Waals surface area contributed by atoms with E-state index >= 15 is 0 Å². The van der Waals surface area contributed by atoms with Gasteiger partial charge < -0.3 is 20.5 Å². The number of nitrogens with two attached hydrogens (primary N) is 1. The average molecular weight is 390 g/mol. The first-order valence-corrected chi connectivity index (χ1v) is 8.86. The van der Waals surface area contributed by atoms with Crippen molar-refractivity contribution in [3.05, 3.63) is 41.3 Å². The van der Waals surface area contributed by atoms with Gasteiger partial charge >= 0.3 is 6.09 Å². The molecule has 8 nitrogen and oxygen atoms in total. The highest BCUT2D eigenvalue weighted by molar-refractivity contribution is 6.00. The van der Waals surface area contributed by atoms with Crippen LogP contribution in [0.1, 0.15) is 42.9 Å². The molecule has 0 aliphatic carbocycles. The fraction of sp³-hybridized carbons (Fsp3) is 0.421. The molecule has 2 heterocycles. The van der Waals surface area contributed by atoms with Crippen LogP contribution in [0, 0.1) is 5.82 Å². The van der Waals surface area contributed by atoms with E-state index in [4.69, 9.17) is 10.5 Å². The largest absolute Gasteiger partial charge is 0.444 e. The summed E-state index contributed by atoms with van der Waals surface area (Å²) in [7, 11) is 0. The maximum Gasteiger partial charge on any atom is 0.410 e. The summed E-state index contributed by atoms with van der Waals surface area (Å²) in [6.45, 7) is 5.13. The molecule has 2 amide bonds. The highest BCUT2D eigenvalue weighted by Crippen LogP contribution is 2.32. The quantitative estimate of drug-likeness (QED) is 0.834. The molecule has 0 radical (unpaired) electrons. The van der Waals surface area contributed by atoms with Crippen LogP contribution < -0.4 is 5.73 Å². The molecule has 1 aromatic carbocycles. The van der Waals surface area contributed by atoms with E-state index in [1.807, 2.05) is 0 Å². The number of carbonyl (C=O) groups excluding carboxylic acids is 2. The summed E-state index contributed by atoms with van der Waals surface area (Å²) >= 11 is 0. The van der Waals surface area contributed by atoms with Crippen molar-refractivity contribution < 1.29 is 23.8 Å². The standard InChI is InChI=1S/C19H23FN4O4/c1-19(2,3)28-18(27)23-8-13(10-25)24-14(9-23)15(17(21)26)16(22-24)11-5-4-6-12(20)7-11/h4-7,13,25H,8-10H2,1-3H3,(H2,21,26). The molecule has 1 aromatic heterocycles. The minimum atomic E-state index is -0.747. The maximum absolute atomic E-state index is 13.7. The highest BCUT2D eigenvalue weighted by atomic mass is 19.1. The van der Waals surface area contributed by atoms with Crippen LogP contribution in [0.5, 0.6) is 0 Å². The van der Waals surface area contributed by atoms with Crippen LogP contribution in [0.4, 0.5) is 9.18 Å². The molecule has 0 saturated carbocycles. The molecule has 1 unspecified atom stereocenters. The van der Waals surface area contributed by atoms with Crippen molar-refractivity contribution in [1.29, 1.82) is 0 Å². The van der Waals surface area contributed by atoms with E-state index in [-0.39, 0.29) is 31.0 Å². The van der Waals surface area contributed by atoms with Gasteiger partial charge in [-0.3, -0.25) is 9.48 Å². The van der Waals surface area contributed by atoms with E-state index in [9.17, 15) is 19.1 Å². The molecule has 28 heavy (non-hydrogen) atoms. The van der Waals surface area contributed by atoms with Crippen LogP contribution in [-0.4, -0.2) is 50.5 Å². The van der Waals surface area contributed by atoms with E-state index in [2.05, 4.69) is 5.10 Å². The van der Waals surface area contributed by atoms with Crippen LogP contribution in [0.2, 0.25) is 0 Å². The lowest BCUT2D eigenvalue weighted by Crippen LogP contribution is -2.45. The number of nitrogens with zero attached hydrogens (tertiary/aromatic N) is 3. The number of fused-ring (bicyclic) bond motifs is 1. The van der Waals surface area contributed by atoms with E-state index < -0.39 is 29.5 Å². The number of primary amides is 1. The Bertz CT molecular complexity index is 919. The molecule has 9 heteroatoms. The second kappa shape index (κ2) is 7.23. The topological polar surface area (TPSA) is 111 Å². The van der Waals surface area contributed by atoms with Crippen molar-refractivity contribution in [3.63, 3.8) is 0 Å². The van der Waals surface area contributed by atoms with Crippen LogP contribution >= 0.6 is 0 Å². The molecule has 2 aromatic rings. The number of halogens is 1. The summed E-state index contributed by atoms with van der Waals surface area (Å²) in [5.74, 6) is -1.23. The number of rotatable bonds is 3. The van der Waals surface area contributed by atoms with Gasteiger partial charge in [0.05, 0.1) is 30.5 Å².